The smallest absolute Gasteiger partial charge is 0.267 e. The van der Waals surface area contributed by atoms with Gasteiger partial charge in [0.1, 0.15) is 5.82 Å². The number of rotatable bonds is 9. The molecule has 3 aromatic rings. The zero-order chi connectivity index (χ0) is 25.1. The average Bonchev–Trinajstić information content (AvgIpc) is 2.76. The SMILES string of the molecule is C=S(NS(=O)(=O)c1ccc(C)cn1)c1ccc(Nc2ncc(Br)c(N[C@H](C)C(C)(C)O)n2)cc1. The largest absolute Gasteiger partial charge is 0.388 e. The highest BCUT2D eigenvalue weighted by Gasteiger charge is 2.23. The Kier molecular flexibility index (Phi) is 8.09. The number of pyridine rings is 1. The summed E-state index contributed by atoms with van der Waals surface area (Å²) in [4.78, 5) is 13.4. The average molecular weight is 568 g/mol. The van der Waals surface area contributed by atoms with Crippen molar-refractivity contribution in [2.24, 2.45) is 0 Å². The second-order valence-corrected chi connectivity index (χ2v) is 12.4. The molecule has 12 heteroatoms. The Balaban J connectivity index is 1.69. The lowest BCUT2D eigenvalue weighted by Gasteiger charge is -2.27. The first-order chi connectivity index (χ1) is 15.8. The van der Waals surface area contributed by atoms with Crippen molar-refractivity contribution in [3.05, 3.63) is 58.8 Å². The van der Waals surface area contributed by atoms with Gasteiger partial charge in [-0.25, -0.2) is 18.4 Å². The van der Waals surface area contributed by atoms with Crippen molar-refractivity contribution in [1.82, 2.24) is 19.1 Å². The number of hydrogen-bond donors (Lipinski definition) is 4. The van der Waals surface area contributed by atoms with Crippen molar-refractivity contribution in [3.63, 3.8) is 0 Å². The number of aromatic nitrogens is 3. The van der Waals surface area contributed by atoms with Crippen LogP contribution in [-0.2, 0) is 10.0 Å². The zero-order valence-corrected chi connectivity index (χ0v) is 22.4. The molecule has 34 heavy (non-hydrogen) atoms. The van der Waals surface area contributed by atoms with Crippen LogP contribution >= 0.6 is 26.6 Å². The normalized spacial score (nSPS) is 13.8. The third kappa shape index (κ3) is 6.83. The van der Waals surface area contributed by atoms with Crippen LogP contribution in [-0.4, -0.2) is 46.0 Å². The summed E-state index contributed by atoms with van der Waals surface area (Å²) in [6.07, 6.45) is 3.12. The van der Waals surface area contributed by atoms with E-state index < -0.39 is 26.3 Å². The second-order valence-electron chi connectivity index (χ2n) is 8.21. The molecule has 0 spiro atoms. The summed E-state index contributed by atoms with van der Waals surface area (Å²) < 4.78 is 28.4. The van der Waals surface area contributed by atoms with E-state index in [-0.39, 0.29) is 11.1 Å². The molecule has 0 aliphatic carbocycles. The van der Waals surface area contributed by atoms with Crippen LogP contribution in [0.15, 0.2) is 63.2 Å². The maximum absolute atomic E-state index is 12.6. The van der Waals surface area contributed by atoms with Crippen molar-refractivity contribution >= 4 is 59.9 Å². The maximum Gasteiger partial charge on any atom is 0.267 e. The highest BCUT2D eigenvalue weighted by Crippen LogP contribution is 2.27. The first-order valence-corrected chi connectivity index (χ1v) is 13.9. The van der Waals surface area contributed by atoms with E-state index in [0.717, 1.165) is 5.56 Å². The second kappa shape index (κ2) is 10.5. The third-order valence-corrected chi connectivity index (χ3v) is 8.82. The van der Waals surface area contributed by atoms with Gasteiger partial charge < -0.3 is 15.7 Å². The minimum Gasteiger partial charge on any atom is -0.388 e. The van der Waals surface area contributed by atoms with E-state index in [0.29, 0.717) is 26.8 Å². The number of anilines is 3. The summed E-state index contributed by atoms with van der Waals surface area (Å²) in [6, 6.07) is 10.0. The fraction of sp³-hybridized carbons (Fsp3) is 0.273. The van der Waals surface area contributed by atoms with Crippen molar-refractivity contribution in [2.75, 3.05) is 10.6 Å². The standard InChI is InChI=1S/C22H27BrN6O3S2/c1-14-6-11-19(24-12-14)34(31,32)29-33(5)17-9-7-16(8-10-17)27-21-25-13-18(23)20(28-21)26-15(2)22(3,4)30/h6-13,15,29-30H,5H2,1-4H3,(H2,25,26,27,28)/t15-,33?/m1/s1. The molecule has 2 atom stereocenters. The fourth-order valence-corrected chi connectivity index (χ4v) is 5.57. The molecule has 1 unspecified atom stereocenters. The first-order valence-electron chi connectivity index (χ1n) is 10.2. The van der Waals surface area contributed by atoms with Crippen LogP contribution in [0, 0.1) is 6.92 Å². The van der Waals surface area contributed by atoms with E-state index in [9.17, 15) is 13.5 Å². The predicted molar refractivity (Wildman–Crippen MR) is 141 cm³/mol. The topological polar surface area (TPSA) is 129 Å². The van der Waals surface area contributed by atoms with Gasteiger partial charge in [0.25, 0.3) is 10.0 Å². The quantitative estimate of drug-likeness (QED) is 0.283. The van der Waals surface area contributed by atoms with E-state index in [4.69, 9.17) is 0 Å². The van der Waals surface area contributed by atoms with Crippen LogP contribution in [0.3, 0.4) is 0 Å². The van der Waals surface area contributed by atoms with Crippen LogP contribution < -0.4 is 14.8 Å². The van der Waals surface area contributed by atoms with Gasteiger partial charge in [0.05, 0.1) is 16.1 Å². The summed E-state index contributed by atoms with van der Waals surface area (Å²) in [6.45, 7) is 7.13. The number of nitrogens with one attached hydrogen (secondary N) is 3. The van der Waals surface area contributed by atoms with Gasteiger partial charge in [-0.2, -0.15) is 9.11 Å². The number of halogens is 1. The molecule has 0 amide bonds. The number of nitrogens with zero attached hydrogens (tertiary/aromatic N) is 3. The monoisotopic (exact) mass is 566 g/mol. The van der Waals surface area contributed by atoms with Crippen molar-refractivity contribution in [2.45, 2.75) is 49.3 Å². The summed E-state index contributed by atoms with van der Waals surface area (Å²) in [5.41, 5.74) is 0.656. The molecule has 0 fully saturated rings. The molecule has 0 saturated carbocycles. The van der Waals surface area contributed by atoms with Gasteiger partial charge in [-0.05, 0) is 79.5 Å². The third-order valence-electron chi connectivity index (χ3n) is 4.92. The predicted octanol–water partition coefficient (Wildman–Crippen LogP) is 4.21. The summed E-state index contributed by atoms with van der Waals surface area (Å²) >= 11 is 3.42. The van der Waals surface area contributed by atoms with Crippen LogP contribution in [0.2, 0.25) is 0 Å². The number of benzene rings is 1. The molecular formula is C22H27BrN6O3S2. The molecule has 9 nitrogen and oxygen atoms in total. The molecule has 3 rings (SSSR count). The minimum absolute atomic E-state index is 0.0479. The molecule has 0 aliphatic heterocycles. The molecule has 0 aliphatic rings. The van der Waals surface area contributed by atoms with Gasteiger partial charge in [0.2, 0.25) is 5.95 Å². The Morgan fingerprint density at radius 3 is 2.38 bits per heavy atom. The Morgan fingerprint density at radius 1 is 1.12 bits per heavy atom. The lowest BCUT2D eigenvalue weighted by atomic mass is 10.0. The van der Waals surface area contributed by atoms with Crippen LogP contribution in [0.1, 0.15) is 26.3 Å². The molecule has 4 N–H and O–H groups in total. The lowest BCUT2D eigenvalue weighted by Crippen LogP contribution is -2.39. The fourth-order valence-electron chi connectivity index (χ4n) is 2.58. The Morgan fingerprint density at radius 2 is 1.79 bits per heavy atom. The summed E-state index contributed by atoms with van der Waals surface area (Å²) in [5, 5.41) is 16.4. The van der Waals surface area contributed by atoms with E-state index in [1.807, 2.05) is 13.8 Å². The van der Waals surface area contributed by atoms with Gasteiger partial charge in [0.15, 0.2) is 5.03 Å². The molecule has 0 radical (unpaired) electrons. The molecule has 1 aromatic carbocycles. The van der Waals surface area contributed by atoms with Gasteiger partial charge in [0, 0.05) is 23.0 Å². The number of aliphatic hydroxyl groups is 1. The Labute approximate surface area is 210 Å². The summed E-state index contributed by atoms with van der Waals surface area (Å²) in [5.74, 6) is 4.86. The number of sulfonamides is 1. The van der Waals surface area contributed by atoms with E-state index in [2.05, 4.69) is 51.5 Å². The molecule has 0 bridgehead atoms. The molecule has 2 aromatic heterocycles. The van der Waals surface area contributed by atoms with Gasteiger partial charge >= 0.3 is 0 Å². The number of hydrogen-bond acceptors (Lipinski definition) is 8. The van der Waals surface area contributed by atoms with Crippen LogP contribution in [0.25, 0.3) is 0 Å². The highest BCUT2D eigenvalue weighted by atomic mass is 79.9. The first kappa shape index (κ1) is 26.2. The molecule has 182 valence electrons. The summed E-state index contributed by atoms with van der Waals surface area (Å²) in [7, 11) is -4.80. The Bertz CT molecular complexity index is 1280. The maximum atomic E-state index is 12.6. The van der Waals surface area contributed by atoms with Crippen LogP contribution in [0.4, 0.5) is 17.5 Å². The van der Waals surface area contributed by atoms with Gasteiger partial charge in [-0.3, -0.25) is 0 Å². The van der Waals surface area contributed by atoms with E-state index >= 15 is 0 Å². The van der Waals surface area contributed by atoms with Gasteiger partial charge in [-0.15, -0.1) is 0 Å². The van der Waals surface area contributed by atoms with Gasteiger partial charge in [-0.1, -0.05) is 22.6 Å². The van der Waals surface area contributed by atoms with Crippen molar-refractivity contribution in [3.8, 4) is 0 Å². The van der Waals surface area contributed by atoms with E-state index in [1.54, 1.807) is 50.4 Å². The molecule has 2 heterocycles. The van der Waals surface area contributed by atoms with Crippen molar-refractivity contribution < 1.29 is 13.5 Å². The minimum atomic E-state index is -3.79. The highest BCUT2D eigenvalue weighted by molar-refractivity contribution is 9.10. The number of aryl methyl sites for hydroxylation is 1. The Hall–Kier alpha value is -2.38. The van der Waals surface area contributed by atoms with Crippen LogP contribution in [0.5, 0.6) is 0 Å². The van der Waals surface area contributed by atoms with E-state index in [1.165, 1.54) is 12.3 Å². The molecular weight excluding hydrogens is 540 g/mol. The van der Waals surface area contributed by atoms with Crippen molar-refractivity contribution in [1.29, 1.82) is 0 Å². The molecule has 0 saturated heterocycles. The lowest BCUT2D eigenvalue weighted by molar-refractivity contribution is 0.0647. The zero-order valence-electron chi connectivity index (χ0n) is 19.2.